The molecule has 0 bridgehead atoms. The van der Waals surface area contributed by atoms with Gasteiger partial charge >= 0.3 is 0 Å². The molecule has 8 atom stereocenters. The maximum Gasteiger partial charge on any atom is 0.131 e. The van der Waals surface area contributed by atoms with E-state index in [2.05, 4.69) is 46.4 Å². The third-order valence-electron chi connectivity index (χ3n) is 10.1. The largest absolute Gasteiger partial charge is 0.654 e. The molecule has 5 nitrogen and oxygen atoms in total. The first-order valence-electron chi connectivity index (χ1n) is 17.4. The molecule has 3 N–H and O–H groups in total. The van der Waals surface area contributed by atoms with E-state index in [4.69, 9.17) is 14.2 Å². The van der Waals surface area contributed by atoms with Gasteiger partial charge in [-0.25, -0.2) is 6.42 Å². The van der Waals surface area contributed by atoms with Crippen molar-refractivity contribution < 1.29 is 39.2 Å². The Morgan fingerprint density at radius 1 is 1.07 bits per heavy atom. The van der Waals surface area contributed by atoms with E-state index in [9.17, 15) is 10.2 Å². The zero-order valence-electron chi connectivity index (χ0n) is 28.3. The van der Waals surface area contributed by atoms with Crippen molar-refractivity contribution in [2.75, 3.05) is 12.3 Å². The normalized spacial score (nSPS) is 34.2. The van der Waals surface area contributed by atoms with Crippen LogP contribution in [0.3, 0.4) is 0 Å². The van der Waals surface area contributed by atoms with Crippen LogP contribution in [0.4, 0.5) is 0 Å². The number of hydrogen-bond donors (Lipinski definition) is 3. The van der Waals surface area contributed by atoms with Crippen LogP contribution in [0, 0.1) is 36.0 Å². The summed E-state index contributed by atoms with van der Waals surface area (Å²) in [6, 6.07) is -0.228. The summed E-state index contributed by atoms with van der Waals surface area (Å²) in [4.78, 5) is 1.56. The van der Waals surface area contributed by atoms with Gasteiger partial charge in [0.05, 0.1) is 12.2 Å². The molecule has 0 saturated carbocycles. The Morgan fingerprint density at radius 2 is 1.75 bits per heavy atom. The summed E-state index contributed by atoms with van der Waals surface area (Å²) in [5, 5.41) is 28.2. The van der Waals surface area contributed by atoms with Crippen molar-refractivity contribution in [1.29, 1.82) is 0 Å². The number of aliphatic hydroxyl groups is 2. The van der Waals surface area contributed by atoms with E-state index in [1.165, 1.54) is 11.3 Å². The van der Waals surface area contributed by atoms with Gasteiger partial charge < -0.3 is 20.3 Å². The fourth-order valence-corrected chi connectivity index (χ4v) is 8.78. The number of piperidine rings is 1. The van der Waals surface area contributed by atoms with Gasteiger partial charge in [-0.3, -0.25) is 5.32 Å². The average molecular weight is 756 g/mol. The molecule has 2 fully saturated rings. The standard InChI is InChI=1S/C20H28N2OS.C13H28O2.Ir/c1-11-10-24-18-8-17(21-9-16(11)18)15-5-3-4-13-14-7-6-12(2)22-20(14)23-19(13)15;1-5-10(6-2)12(14)9-13(15)11(7-3)8-4;/h5,11-14,17,20,22H,3-4,6-10H2,1-2H3;10-15H,5-9H2,1-4H3;/q-2;;/t11-,12-,13+,14?,17-,20+;12-,13+;/m1../s1/i2D3;;. The number of thioether (sulfide) groups is 1. The van der Waals surface area contributed by atoms with Crippen molar-refractivity contribution in [3.8, 4) is 0 Å². The van der Waals surface area contributed by atoms with Gasteiger partial charge in [-0.15, -0.1) is 30.8 Å². The molecule has 4 aliphatic heterocycles. The Morgan fingerprint density at radius 3 is 2.38 bits per heavy atom. The van der Waals surface area contributed by atoms with Gasteiger partial charge in [0.25, 0.3) is 0 Å². The number of fused-ring (bicyclic) bond motifs is 3. The van der Waals surface area contributed by atoms with Crippen molar-refractivity contribution in [2.24, 2.45) is 29.6 Å². The van der Waals surface area contributed by atoms with Crippen molar-refractivity contribution in [3.63, 3.8) is 0 Å². The van der Waals surface area contributed by atoms with Gasteiger partial charge in [-0.2, -0.15) is 5.57 Å². The summed E-state index contributed by atoms with van der Waals surface area (Å²) >= 11 is 2.02. The number of aliphatic hydroxyl groups excluding tert-OH is 2. The maximum atomic E-state index is 9.96. The van der Waals surface area contributed by atoms with Crippen LogP contribution in [-0.2, 0) is 24.8 Å². The first-order chi connectivity index (χ1) is 20.0. The fraction of sp³-hybridized carbons (Fsp3) is 0.848. The smallest absolute Gasteiger partial charge is 0.131 e. The Labute approximate surface area is 267 Å². The summed E-state index contributed by atoms with van der Waals surface area (Å²) in [7, 11) is 0. The molecule has 1 radical (unpaired) electrons. The maximum absolute atomic E-state index is 9.96. The van der Waals surface area contributed by atoms with E-state index in [0.29, 0.717) is 42.4 Å². The molecule has 0 aromatic heterocycles. The van der Waals surface area contributed by atoms with Crippen LogP contribution in [0.15, 0.2) is 21.8 Å². The third-order valence-corrected chi connectivity index (χ3v) is 11.6. The minimum Gasteiger partial charge on any atom is -0.654 e. The fourth-order valence-electron chi connectivity index (χ4n) is 7.40. The van der Waals surface area contributed by atoms with E-state index in [1.54, 1.807) is 10.5 Å². The zero-order chi connectivity index (χ0) is 30.6. The molecule has 5 rings (SSSR count). The number of nitrogens with zero attached hydrogens (tertiary/aromatic N) is 1. The van der Waals surface area contributed by atoms with Crippen LogP contribution in [0.25, 0.3) is 5.32 Å². The second-order valence-electron chi connectivity index (χ2n) is 12.5. The summed E-state index contributed by atoms with van der Waals surface area (Å²) in [6.07, 6.45) is 10.9. The molecule has 233 valence electrons. The van der Waals surface area contributed by atoms with E-state index in [-0.39, 0.29) is 44.6 Å². The number of ether oxygens (including phenoxy) is 1. The Kier molecular flexibility index (Phi) is 12.1. The molecule has 4 heterocycles. The zero-order valence-corrected chi connectivity index (χ0v) is 28.5. The molecule has 7 heteroatoms. The summed E-state index contributed by atoms with van der Waals surface area (Å²) in [5.41, 5.74) is 2.84. The molecular weight excluding hydrogens is 697 g/mol. The second-order valence-corrected chi connectivity index (χ2v) is 13.6. The van der Waals surface area contributed by atoms with Crippen LogP contribution in [0.5, 0.6) is 0 Å². The summed E-state index contributed by atoms with van der Waals surface area (Å²) in [6.45, 7) is 9.62. The molecule has 0 aromatic rings. The molecular formula is C33H56IrN2O3S-2. The minimum absolute atomic E-state index is 0. The summed E-state index contributed by atoms with van der Waals surface area (Å²) in [5.74, 6) is 4.50. The predicted molar refractivity (Wildman–Crippen MR) is 164 cm³/mol. The van der Waals surface area contributed by atoms with Crippen molar-refractivity contribution in [1.82, 2.24) is 5.32 Å². The first-order valence-corrected chi connectivity index (χ1v) is 16.9. The van der Waals surface area contributed by atoms with Crippen molar-refractivity contribution >= 4 is 11.8 Å². The average Bonchev–Trinajstić information content (AvgIpc) is 3.53. The SMILES string of the molecule is CCC(CC)[C@H](O)C[C@H](O)C(CC)CC.[2H]C([2H])([2H])[C@@H]1CCC2[C@@H]3CC[CH-]C([C@H]4CC5=C(C[N-]4)[C@H](C)CS5)=C3O[C@@H]2N1.[Ir]. The molecule has 0 amide bonds. The van der Waals surface area contributed by atoms with Crippen molar-refractivity contribution in [2.45, 2.75) is 136 Å². The van der Waals surface area contributed by atoms with Crippen LogP contribution in [0.1, 0.15) is 110 Å². The van der Waals surface area contributed by atoms with Crippen LogP contribution in [-0.4, -0.2) is 53.0 Å². The number of rotatable bonds is 9. The van der Waals surface area contributed by atoms with Gasteiger partial charge in [-0.05, 0) is 66.9 Å². The van der Waals surface area contributed by atoms with E-state index in [1.807, 2.05) is 11.8 Å². The predicted octanol–water partition coefficient (Wildman–Crippen LogP) is 7.35. The minimum atomic E-state index is -1.95. The van der Waals surface area contributed by atoms with Gasteiger partial charge in [-0.1, -0.05) is 72.3 Å². The topological polar surface area (TPSA) is 75.8 Å². The molecule has 2 saturated heterocycles. The second kappa shape index (κ2) is 16.2. The number of hydrogen-bond acceptors (Lipinski definition) is 5. The molecule has 1 unspecified atom stereocenters. The molecule has 1 aliphatic carbocycles. The Hall–Kier alpha value is -0.0106. The summed E-state index contributed by atoms with van der Waals surface area (Å²) < 4.78 is 29.6. The van der Waals surface area contributed by atoms with Gasteiger partial charge in [0.2, 0.25) is 0 Å². The van der Waals surface area contributed by atoms with E-state index < -0.39 is 12.9 Å². The van der Waals surface area contributed by atoms with Crippen LogP contribution in [0.2, 0.25) is 0 Å². The molecule has 5 aliphatic rings. The van der Waals surface area contributed by atoms with Gasteiger partial charge in [0.1, 0.15) is 6.23 Å². The monoisotopic (exact) mass is 756 g/mol. The third kappa shape index (κ3) is 7.92. The van der Waals surface area contributed by atoms with Gasteiger partial charge in [0, 0.05) is 41.9 Å². The molecule has 0 spiro atoms. The number of nitrogens with one attached hydrogen (secondary N) is 1. The van der Waals surface area contributed by atoms with E-state index >= 15 is 0 Å². The Bertz CT molecular complexity index is 940. The van der Waals surface area contributed by atoms with Crippen LogP contribution >= 0.6 is 11.8 Å². The van der Waals surface area contributed by atoms with Crippen molar-refractivity contribution in [3.05, 3.63) is 33.5 Å². The Balaban J connectivity index is 0.000000274. The first kappa shape index (κ1) is 30.0. The van der Waals surface area contributed by atoms with Gasteiger partial charge in [0.15, 0.2) is 0 Å². The number of allylic oxidation sites excluding steroid dienone is 1. The molecule has 0 aromatic carbocycles. The molecule has 40 heavy (non-hydrogen) atoms. The quantitative estimate of drug-likeness (QED) is 0.215. The van der Waals surface area contributed by atoms with Crippen LogP contribution < -0.4 is 5.32 Å². The van der Waals surface area contributed by atoms with E-state index in [0.717, 1.165) is 63.7 Å².